The van der Waals surface area contributed by atoms with Crippen molar-refractivity contribution in [3.8, 4) is 17.2 Å². The first-order valence-electron chi connectivity index (χ1n) is 12.8. The van der Waals surface area contributed by atoms with Crippen molar-refractivity contribution < 1.29 is 33.7 Å². The van der Waals surface area contributed by atoms with E-state index in [1.807, 2.05) is 0 Å². The highest BCUT2D eigenvalue weighted by Crippen LogP contribution is 2.57. The highest BCUT2D eigenvalue weighted by atomic mass is 19.1. The molecule has 2 aliphatic carbocycles. The zero-order valence-electron chi connectivity index (χ0n) is 21.9. The molecule has 200 valence electrons. The molecular formula is C30H27FN2O6. The summed E-state index contributed by atoms with van der Waals surface area (Å²) >= 11 is 0. The van der Waals surface area contributed by atoms with Crippen LogP contribution < -0.4 is 10.1 Å². The number of rotatable bonds is 3. The minimum absolute atomic E-state index is 0.00977. The van der Waals surface area contributed by atoms with Crippen molar-refractivity contribution in [3.63, 3.8) is 0 Å². The van der Waals surface area contributed by atoms with Crippen LogP contribution in [-0.2, 0) is 21.4 Å². The molecule has 2 unspecified atom stereocenters. The zero-order chi connectivity index (χ0) is 28.0. The maximum atomic E-state index is 14.1. The maximum absolute atomic E-state index is 14.1. The summed E-state index contributed by atoms with van der Waals surface area (Å²) in [6, 6.07) is 4.38. The first-order chi connectivity index (χ1) is 18.4. The Morgan fingerprint density at radius 2 is 1.95 bits per heavy atom. The quantitative estimate of drug-likeness (QED) is 0.216. The summed E-state index contributed by atoms with van der Waals surface area (Å²) in [6.07, 6.45) is 3.56. The smallest absolute Gasteiger partial charge is 0.194 e. The molecule has 6 rings (SSSR count). The molecule has 0 saturated carbocycles. The van der Waals surface area contributed by atoms with E-state index in [-0.39, 0.29) is 51.4 Å². The van der Waals surface area contributed by atoms with E-state index in [1.165, 1.54) is 39.0 Å². The first kappa shape index (κ1) is 24.9. The number of carbonyl (C=O) groups is 3. The Morgan fingerprint density at radius 1 is 1.21 bits per heavy atom. The third-order valence-corrected chi connectivity index (χ3v) is 8.32. The fraction of sp³-hybridized carbons (Fsp3) is 0.300. The number of fused-ring (bicyclic) bond motifs is 6. The molecule has 4 N–H and O–H groups in total. The Kier molecular flexibility index (Phi) is 5.30. The van der Waals surface area contributed by atoms with Gasteiger partial charge in [0.15, 0.2) is 17.3 Å². The summed E-state index contributed by atoms with van der Waals surface area (Å²) in [6.45, 7) is 5.88. The number of phenols is 2. The predicted molar refractivity (Wildman–Crippen MR) is 140 cm³/mol. The molecule has 1 aliphatic heterocycles. The molecule has 9 heteroatoms. The van der Waals surface area contributed by atoms with Crippen LogP contribution in [0, 0.1) is 12.7 Å². The van der Waals surface area contributed by atoms with Crippen molar-refractivity contribution in [1.82, 2.24) is 10.3 Å². The van der Waals surface area contributed by atoms with E-state index in [9.17, 15) is 29.0 Å². The van der Waals surface area contributed by atoms with Gasteiger partial charge in [0, 0.05) is 33.9 Å². The van der Waals surface area contributed by atoms with E-state index in [4.69, 9.17) is 4.74 Å². The summed E-state index contributed by atoms with van der Waals surface area (Å²) in [5.74, 6) is -2.90. The number of Topliss-reactive ketones (excluding diaryl/α,β-unsaturated/α-hetero) is 2. The molecule has 8 nitrogen and oxygen atoms in total. The van der Waals surface area contributed by atoms with Gasteiger partial charge in [0.05, 0.1) is 17.2 Å². The van der Waals surface area contributed by atoms with Crippen molar-refractivity contribution in [2.45, 2.75) is 58.4 Å². The van der Waals surface area contributed by atoms with E-state index >= 15 is 0 Å². The average molecular weight is 531 g/mol. The molecule has 0 saturated heterocycles. The van der Waals surface area contributed by atoms with Gasteiger partial charge >= 0.3 is 0 Å². The molecule has 3 aliphatic rings. The number of nitrogens with one attached hydrogen (secondary N) is 2. The number of ether oxygens (including phenoxy) is 1. The number of ketones is 3. The lowest BCUT2D eigenvalue weighted by molar-refractivity contribution is -0.123. The molecule has 0 amide bonds. The lowest BCUT2D eigenvalue weighted by atomic mass is 9.70. The number of aromatic nitrogens is 1. The molecule has 39 heavy (non-hydrogen) atoms. The predicted octanol–water partition coefficient (Wildman–Crippen LogP) is 4.86. The molecule has 2 heterocycles. The molecule has 3 aromatic rings. The molecule has 0 fully saturated rings. The van der Waals surface area contributed by atoms with Crippen molar-refractivity contribution in [2.75, 3.05) is 0 Å². The van der Waals surface area contributed by atoms with Crippen LogP contribution in [0.2, 0.25) is 0 Å². The molecule has 1 aromatic heterocycles. The Bertz CT molecular complexity index is 1730. The van der Waals surface area contributed by atoms with Crippen LogP contribution in [0.25, 0.3) is 10.9 Å². The van der Waals surface area contributed by atoms with Crippen LogP contribution in [0.15, 0.2) is 41.3 Å². The van der Waals surface area contributed by atoms with Gasteiger partial charge in [-0.3, -0.25) is 14.4 Å². The third kappa shape index (κ3) is 3.32. The van der Waals surface area contributed by atoms with Crippen LogP contribution in [-0.4, -0.2) is 32.5 Å². The number of aromatic amines is 1. The lowest BCUT2D eigenvalue weighted by Gasteiger charge is -2.30. The van der Waals surface area contributed by atoms with Gasteiger partial charge in [-0.2, -0.15) is 0 Å². The van der Waals surface area contributed by atoms with Gasteiger partial charge < -0.3 is 25.3 Å². The Morgan fingerprint density at radius 3 is 2.67 bits per heavy atom. The topological polar surface area (TPSA) is 129 Å². The van der Waals surface area contributed by atoms with Gasteiger partial charge in [0.25, 0.3) is 0 Å². The van der Waals surface area contributed by atoms with Crippen LogP contribution in [0.4, 0.5) is 4.39 Å². The van der Waals surface area contributed by atoms with Gasteiger partial charge in [0.2, 0.25) is 0 Å². The minimum Gasteiger partial charge on any atom is -0.507 e. The molecule has 0 bridgehead atoms. The molecule has 0 spiro atoms. The van der Waals surface area contributed by atoms with E-state index in [0.29, 0.717) is 5.70 Å². The highest BCUT2D eigenvalue weighted by molar-refractivity contribution is 6.31. The zero-order valence-corrected chi connectivity index (χ0v) is 21.9. The van der Waals surface area contributed by atoms with Gasteiger partial charge in [-0.25, -0.2) is 4.39 Å². The number of allylic oxidation sites excluding steroid dienone is 4. The van der Waals surface area contributed by atoms with E-state index in [2.05, 4.69) is 10.3 Å². The van der Waals surface area contributed by atoms with E-state index < -0.39 is 28.5 Å². The monoisotopic (exact) mass is 530 g/mol. The number of hydrogen-bond donors (Lipinski definition) is 4. The molecular weight excluding hydrogens is 503 g/mol. The Balaban J connectivity index is 1.45. The fourth-order valence-electron chi connectivity index (χ4n) is 6.28. The molecule has 2 aromatic carbocycles. The number of aryl methyl sites for hydroxylation is 1. The number of phenolic OH excluding ortho intramolecular Hbond substituents is 2. The second-order valence-corrected chi connectivity index (χ2v) is 10.7. The first-order valence-corrected chi connectivity index (χ1v) is 12.8. The Hall–Kier alpha value is -4.40. The third-order valence-electron chi connectivity index (χ3n) is 8.32. The Labute approximate surface area is 223 Å². The van der Waals surface area contributed by atoms with Crippen LogP contribution >= 0.6 is 0 Å². The van der Waals surface area contributed by atoms with E-state index in [0.717, 1.165) is 41.4 Å². The number of aromatic hydroxyl groups is 2. The second-order valence-electron chi connectivity index (χ2n) is 10.7. The number of benzene rings is 2. The van der Waals surface area contributed by atoms with Crippen molar-refractivity contribution in [2.24, 2.45) is 0 Å². The number of hydrogen-bond acceptors (Lipinski definition) is 7. The van der Waals surface area contributed by atoms with Gasteiger partial charge in [0.1, 0.15) is 39.8 Å². The summed E-state index contributed by atoms with van der Waals surface area (Å²) in [5, 5.41) is 25.7. The summed E-state index contributed by atoms with van der Waals surface area (Å²) < 4.78 is 19.8. The second kappa shape index (κ2) is 8.30. The van der Waals surface area contributed by atoms with Crippen LogP contribution in [0.3, 0.4) is 0 Å². The van der Waals surface area contributed by atoms with Crippen molar-refractivity contribution >= 4 is 28.3 Å². The number of H-pyrrole nitrogens is 1. The van der Waals surface area contributed by atoms with Crippen LogP contribution in [0.5, 0.6) is 17.2 Å². The molecule has 2 atom stereocenters. The normalized spacial score (nSPS) is 23.1. The SMILES string of the molecule is CC(=O)c1c(O)c(C)c(O)c2c1OC1=CC(=O)C(=C(C)NC3CCCc4c3[nH]c3ccc(F)cc43)C(=O)C12C. The number of halogens is 1. The molecule has 0 radical (unpaired) electrons. The largest absolute Gasteiger partial charge is 0.507 e. The maximum Gasteiger partial charge on any atom is 0.194 e. The standard InChI is InChI=1S/C30H27FN2O6/c1-12-26(36)23(14(3)34)28-24(27(12)37)30(4)21(39-28)11-20(35)22(29(30)38)13(2)32-19-7-5-6-16-17-10-15(31)8-9-18(17)33-25(16)19/h8-11,19,32-33,36-37H,5-7H2,1-4H3. The summed E-state index contributed by atoms with van der Waals surface area (Å²) in [5.41, 5.74) is 1.37. The lowest BCUT2D eigenvalue weighted by Crippen LogP contribution is -2.41. The van der Waals surface area contributed by atoms with Crippen LogP contribution in [0.1, 0.15) is 72.4 Å². The summed E-state index contributed by atoms with van der Waals surface area (Å²) in [7, 11) is 0. The van der Waals surface area contributed by atoms with E-state index in [1.54, 1.807) is 13.0 Å². The number of carbonyl (C=O) groups excluding carboxylic acids is 3. The highest BCUT2D eigenvalue weighted by Gasteiger charge is 2.56. The van der Waals surface area contributed by atoms with Gasteiger partial charge in [-0.15, -0.1) is 0 Å². The average Bonchev–Trinajstić information content (AvgIpc) is 3.39. The van der Waals surface area contributed by atoms with Gasteiger partial charge in [-0.05, 0) is 70.7 Å². The fourth-order valence-corrected chi connectivity index (χ4v) is 6.28. The minimum atomic E-state index is -1.58. The van der Waals surface area contributed by atoms with Gasteiger partial charge in [-0.1, -0.05) is 0 Å². The summed E-state index contributed by atoms with van der Waals surface area (Å²) in [4.78, 5) is 43.1. The van der Waals surface area contributed by atoms with Crippen molar-refractivity contribution in [3.05, 3.63) is 75.1 Å². The van der Waals surface area contributed by atoms with Crippen molar-refractivity contribution in [1.29, 1.82) is 0 Å².